The van der Waals surface area contributed by atoms with E-state index in [2.05, 4.69) is 80.9 Å². The van der Waals surface area contributed by atoms with Gasteiger partial charge in [0.25, 0.3) is 0 Å². The lowest BCUT2D eigenvalue weighted by Crippen LogP contribution is -1.92. The quantitative estimate of drug-likeness (QED) is 0.387. The summed E-state index contributed by atoms with van der Waals surface area (Å²) in [5.74, 6) is 0.906. The van der Waals surface area contributed by atoms with E-state index in [4.69, 9.17) is 4.98 Å². The third-order valence-electron chi connectivity index (χ3n) is 4.81. The van der Waals surface area contributed by atoms with Crippen LogP contribution in [0.1, 0.15) is 6.92 Å². The molecule has 25 heavy (non-hydrogen) atoms. The first-order chi connectivity index (χ1) is 12.2. The van der Waals surface area contributed by atoms with Gasteiger partial charge in [-0.3, -0.25) is 0 Å². The lowest BCUT2D eigenvalue weighted by molar-refractivity contribution is 0.827. The average Bonchev–Trinajstić information content (AvgIpc) is 3.19. The molecule has 4 heteroatoms. The maximum atomic E-state index is 4.75. The van der Waals surface area contributed by atoms with Crippen LogP contribution in [0.2, 0.25) is 0 Å². The number of hydrogen-bond acceptors (Lipinski definition) is 1. The molecule has 0 fully saturated rings. The number of rotatable bonds is 2. The monoisotopic (exact) mass is 389 g/mol. The fourth-order valence-electron chi connectivity index (χ4n) is 3.66. The van der Waals surface area contributed by atoms with E-state index in [1.807, 2.05) is 12.1 Å². The standard InChI is InChI=1S/C21H16BrN3/c1-2-25-19-6-4-3-5-15(19)16-11-13(7-10-20(16)25)21-23-17-9-8-14(22)12-18(17)24-21/h3-12H,2H2,1H3,(H,23,24). The van der Waals surface area contributed by atoms with Crippen molar-refractivity contribution in [3.05, 3.63) is 65.1 Å². The van der Waals surface area contributed by atoms with Crippen molar-refractivity contribution in [2.75, 3.05) is 0 Å². The number of nitrogens with one attached hydrogen (secondary N) is 1. The van der Waals surface area contributed by atoms with E-state index in [1.165, 1.54) is 21.8 Å². The maximum Gasteiger partial charge on any atom is 0.138 e. The SMILES string of the molecule is CCn1c2ccccc2c2cc(-c3nc4ccc(Br)cc4[nH]3)ccc21. The minimum absolute atomic E-state index is 0.906. The zero-order valence-corrected chi connectivity index (χ0v) is 15.3. The largest absolute Gasteiger partial charge is 0.341 e. The first-order valence-electron chi connectivity index (χ1n) is 8.41. The zero-order chi connectivity index (χ0) is 17.0. The van der Waals surface area contributed by atoms with Gasteiger partial charge in [0.1, 0.15) is 5.82 Å². The maximum absolute atomic E-state index is 4.75. The molecular formula is C21H16BrN3. The van der Waals surface area contributed by atoms with Gasteiger partial charge in [-0.15, -0.1) is 0 Å². The van der Waals surface area contributed by atoms with Crippen molar-refractivity contribution in [2.24, 2.45) is 0 Å². The number of aromatic nitrogens is 3. The average molecular weight is 390 g/mol. The Morgan fingerprint density at radius 3 is 2.68 bits per heavy atom. The second-order valence-corrected chi connectivity index (χ2v) is 7.16. The molecule has 5 aromatic rings. The van der Waals surface area contributed by atoms with E-state index in [9.17, 15) is 0 Å². The Morgan fingerprint density at radius 1 is 0.960 bits per heavy atom. The number of H-pyrrole nitrogens is 1. The predicted octanol–water partition coefficient (Wildman–Crippen LogP) is 6.12. The van der Waals surface area contributed by atoms with Gasteiger partial charge in [-0.1, -0.05) is 34.1 Å². The highest BCUT2D eigenvalue weighted by Gasteiger charge is 2.12. The van der Waals surface area contributed by atoms with Crippen LogP contribution in [0.15, 0.2) is 65.1 Å². The minimum atomic E-state index is 0.906. The molecule has 0 radical (unpaired) electrons. The number of para-hydroxylation sites is 1. The molecule has 3 nitrogen and oxygen atoms in total. The van der Waals surface area contributed by atoms with Gasteiger partial charge in [0.15, 0.2) is 0 Å². The van der Waals surface area contributed by atoms with Crippen LogP contribution in [0.5, 0.6) is 0 Å². The number of aryl methyl sites for hydroxylation is 1. The molecule has 0 unspecified atom stereocenters. The molecule has 5 rings (SSSR count). The zero-order valence-electron chi connectivity index (χ0n) is 13.8. The first kappa shape index (κ1) is 14.7. The molecule has 0 saturated carbocycles. The molecule has 2 aromatic heterocycles. The van der Waals surface area contributed by atoms with Crippen LogP contribution in [-0.4, -0.2) is 14.5 Å². The Morgan fingerprint density at radius 2 is 1.80 bits per heavy atom. The van der Waals surface area contributed by atoms with Gasteiger partial charge in [-0.2, -0.15) is 0 Å². The molecular weight excluding hydrogens is 374 g/mol. The molecule has 0 saturated heterocycles. The van der Waals surface area contributed by atoms with E-state index < -0.39 is 0 Å². The molecule has 0 aliphatic rings. The van der Waals surface area contributed by atoms with Crippen molar-refractivity contribution < 1.29 is 0 Å². The summed E-state index contributed by atoms with van der Waals surface area (Å²) in [5, 5.41) is 2.57. The third kappa shape index (κ3) is 2.21. The van der Waals surface area contributed by atoms with Gasteiger partial charge in [-0.25, -0.2) is 4.98 Å². The molecule has 0 aliphatic carbocycles. The van der Waals surface area contributed by atoms with Crippen LogP contribution in [0.4, 0.5) is 0 Å². The summed E-state index contributed by atoms with van der Waals surface area (Å²) < 4.78 is 3.42. The lowest BCUT2D eigenvalue weighted by atomic mass is 10.1. The number of halogens is 1. The highest BCUT2D eigenvalue weighted by molar-refractivity contribution is 9.10. The van der Waals surface area contributed by atoms with Crippen molar-refractivity contribution in [2.45, 2.75) is 13.5 Å². The van der Waals surface area contributed by atoms with Crippen LogP contribution >= 0.6 is 15.9 Å². The van der Waals surface area contributed by atoms with Crippen LogP contribution < -0.4 is 0 Å². The van der Waals surface area contributed by atoms with Gasteiger partial charge >= 0.3 is 0 Å². The summed E-state index contributed by atoms with van der Waals surface area (Å²) in [7, 11) is 0. The topological polar surface area (TPSA) is 33.6 Å². The van der Waals surface area contributed by atoms with Gasteiger partial charge in [0, 0.05) is 38.4 Å². The van der Waals surface area contributed by atoms with Crippen molar-refractivity contribution >= 4 is 48.8 Å². The second-order valence-electron chi connectivity index (χ2n) is 6.24. The van der Waals surface area contributed by atoms with E-state index >= 15 is 0 Å². The molecule has 122 valence electrons. The van der Waals surface area contributed by atoms with Crippen LogP contribution in [0, 0.1) is 0 Å². The Labute approximate surface area is 153 Å². The minimum Gasteiger partial charge on any atom is -0.341 e. The highest BCUT2D eigenvalue weighted by Crippen LogP contribution is 2.32. The predicted molar refractivity (Wildman–Crippen MR) is 108 cm³/mol. The lowest BCUT2D eigenvalue weighted by Gasteiger charge is -2.03. The van der Waals surface area contributed by atoms with Crippen molar-refractivity contribution in [1.82, 2.24) is 14.5 Å². The fraction of sp³-hybridized carbons (Fsp3) is 0.0952. The van der Waals surface area contributed by atoms with Crippen molar-refractivity contribution in [1.29, 1.82) is 0 Å². The summed E-state index contributed by atoms with van der Waals surface area (Å²) in [6.45, 7) is 3.15. The van der Waals surface area contributed by atoms with Crippen molar-refractivity contribution in [3.63, 3.8) is 0 Å². The summed E-state index contributed by atoms with van der Waals surface area (Å²) in [5.41, 5.74) is 5.69. The Kier molecular flexibility index (Phi) is 3.22. The van der Waals surface area contributed by atoms with E-state index in [0.717, 1.165) is 33.4 Å². The van der Waals surface area contributed by atoms with Crippen LogP contribution in [0.3, 0.4) is 0 Å². The molecule has 0 aliphatic heterocycles. The number of hydrogen-bond donors (Lipinski definition) is 1. The van der Waals surface area contributed by atoms with Crippen LogP contribution in [0.25, 0.3) is 44.2 Å². The molecule has 0 amide bonds. The number of aromatic amines is 1. The molecule has 0 atom stereocenters. The van der Waals surface area contributed by atoms with Gasteiger partial charge in [0.2, 0.25) is 0 Å². The highest BCUT2D eigenvalue weighted by atomic mass is 79.9. The van der Waals surface area contributed by atoms with Gasteiger partial charge in [-0.05, 0) is 49.4 Å². The fourth-order valence-corrected chi connectivity index (χ4v) is 4.02. The molecule has 3 aromatic carbocycles. The van der Waals surface area contributed by atoms with Crippen molar-refractivity contribution in [3.8, 4) is 11.4 Å². The summed E-state index contributed by atoms with van der Waals surface area (Å²) >= 11 is 3.52. The second kappa shape index (κ2) is 5.46. The van der Waals surface area contributed by atoms with E-state index in [-0.39, 0.29) is 0 Å². The number of imidazole rings is 1. The molecule has 1 N–H and O–H groups in total. The Bertz CT molecular complexity index is 1250. The Hall–Kier alpha value is -2.59. The van der Waals surface area contributed by atoms with Gasteiger partial charge < -0.3 is 9.55 Å². The Balaban J connectivity index is 1.77. The number of fused-ring (bicyclic) bond motifs is 4. The first-order valence-corrected chi connectivity index (χ1v) is 9.20. The van der Waals surface area contributed by atoms with Gasteiger partial charge in [0.05, 0.1) is 11.0 Å². The third-order valence-corrected chi connectivity index (χ3v) is 5.30. The summed E-state index contributed by atoms with van der Waals surface area (Å²) in [6.07, 6.45) is 0. The van der Waals surface area contributed by atoms with E-state index in [0.29, 0.717) is 0 Å². The molecule has 0 spiro atoms. The normalized spacial score (nSPS) is 11.8. The summed E-state index contributed by atoms with van der Waals surface area (Å²) in [6, 6.07) is 21.3. The molecule has 0 bridgehead atoms. The number of benzene rings is 3. The summed E-state index contributed by atoms with van der Waals surface area (Å²) in [4.78, 5) is 8.19. The van der Waals surface area contributed by atoms with Crippen LogP contribution in [-0.2, 0) is 6.54 Å². The smallest absolute Gasteiger partial charge is 0.138 e. The number of nitrogens with zero attached hydrogens (tertiary/aromatic N) is 2. The van der Waals surface area contributed by atoms with E-state index in [1.54, 1.807) is 0 Å². The molecule has 2 heterocycles.